The second-order valence-electron chi connectivity index (χ2n) is 35.6. The number of oxime groups is 3. The van der Waals surface area contributed by atoms with Crippen LogP contribution in [0.1, 0.15) is 181 Å². The second-order valence-corrected chi connectivity index (χ2v) is 39.7. The van der Waals surface area contributed by atoms with E-state index in [9.17, 15) is 92.5 Å². The molecule has 0 bridgehead atoms. The van der Waals surface area contributed by atoms with E-state index in [0.717, 1.165) is 41.0 Å². The van der Waals surface area contributed by atoms with Gasteiger partial charge in [0.15, 0.2) is 17.1 Å². The van der Waals surface area contributed by atoms with Crippen molar-refractivity contribution in [3.8, 4) is 0 Å². The predicted molar refractivity (Wildman–Crippen MR) is 567 cm³/mol. The summed E-state index contributed by atoms with van der Waals surface area (Å²) in [6, 6.07) is 23.8. The molecular formula is C97H133B6N11O32S4. The molecule has 5 aromatic rings. The van der Waals surface area contributed by atoms with Crippen molar-refractivity contribution in [2.75, 3.05) is 46.2 Å². The lowest BCUT2D eigenvalue weighted by molar-refractivity contribution is -0.142. The Morgan fingerprint density at radius 1 is 0.380 bits per heavy atom. The molecule has 810 valence electrons. The molecule has 6 amide bonds. The minimum Gasteiger partial charge on any atom is -0.479 e. The van der Waals surface area contributed by atoms with E-state index in [4.69, 9.17) is 74.0 Å². The first-order chi connectivity index (χ1) is 71.8. The molecule has 19 N–H and O–H groups in total. The third-order valence-electron chi connectivity index (χ3n) is 22.4. The van der Waals surface area contributed by atoms with Gasteiger partial charge in [0, 0.05) is 67.3 Å². The summed E-state index contributed by atoms with van der Waals surface area (Å²) in [4.78, 5) is 170. The van der Waals surface area contributed by atoms with Gasteiger partial charge in [0.25, 0.3) is 17.7 Å². The summed E-state index contributed by atoms with van der Waals surface area (Å²) >= 11 is 5.37. The highest BCUT2D eigenvalue weighted by atomic mass is 32.1. The van der Waals surface area contributed by atoms with Crippen molar-refractivity contribution in [2.24, 2.45) is 32.9 Å². The van der Waals surface area contributed by atoms with E-state index in [0.29, 0.717) is 78.8 Å². The number of carbonyl (C=O) groups excluding carboxylic acids is 12. The van der Waals surface area contributed by atoms with E-state index < -0.39 is 145 Å². The van der Waals surface area contributed by atoms with E-state index in [1.807, 2.05) is 60.7 Å². The van der Waals surface area contributed by atoms with Crippen molar-refractivity contribution in [3.05, 3.63) is 198 Å². The first-order valence-corrected chi connectivity index (χ1v) is 52.4. The number of nitrogens with two attached hydrogens (primary N) is 2. The van der Waals surface area contributed by atoms with E-state index >= 15 is 0 Å². The van der Waals surface area contributed by atoms with Gasteiger partial charge in [-0.1, -0.05) is 137 Å². The van der Waals surface area contributed by atoms with Crippen molar-refractivity contribution < 1.29 is 155 Å². The van der Waals surface area contributed by atoms with Crippen molar-refractivity contribution in [2.45, 2.75) is 248 Å². The molecule has 4 aromatic heterocycles. The molecule has 1 aliphatic carbocycles. The molecule has 1 aromatic carbocycles. The van der Waals surface area contributed by atoms with E-state index in [-0.39, 0.29) is 160 Å². The van der Waals surface area contributed by atoms with Crippen LogP contribution in [0.3, 0.4) is 0 Å². The molecule has 150 heavy (non-hydrogen) atoms. The second kappa shape index (κ2) is 69.4. The maximum absolute atomic E-state index is 12.6. The first-order valence-electron chi connectivity index (χ1n) is 48.9. The standard InChI is InChI=1S/C17H25BN2O5S.C16H19BN2O7S.2C16H21BN2O6S.C16H27BN2O4.C16H20BNO4/c1-12(21)9-13-3-2-4-16(18(23)25-13)20-17(22)10-14-5-6-15(26-14)11-24-8-7-19;1-10(20)8-11-4-2-6-13(17(24)26-11)18-16(23)15(12-5-3-7-27-12)19-25-9-14(21)22;2*1-11(21)10-12-4-2-6-14(17(23)25-12)18-16(22)15(19-24-8-7-20)13-5-3-9-26-13;1-11(20)9-14-3-2-4-15(17(22)23-14)19-16(21)10-12-5-7-13(18)8-6-12;1-12(19)10-14-8-5-9-15(17(21)22-14)18-16(20)11-13-6-3-2-4-7-13/h2-3,5-6,13,16,23H,4,7-11,19H2,1H3,(H,20,22);2-5,7,11,13,24H,6,8-9H2,1H3,(H,18,23)(H,21,22);2*2-5,9,12,14,20,23H,6-8,10H2,1H3,(H,18,22);2-3,12-15,22H,4-10,18H2,1H3,(H,19,21);2-8,14-15,21H,9-11H2,1H3,(H,18,20)/b;2*19-15+;19-15-;;/t13-,16+;11-,13+;2*12-,14+;12?,13?,14-,15+;14-,15+/m111111/s1. The number of hydrogen-bond acceptors (Lipinski definition) is 40. The summed E-state index contributed by atoms with van der Waals surface area (Å²) in [5.41, 5.74) is 12.2. The molecule has 12 atom stereocenters. The zero-order valence-electron chi connectivity index (χ0n) is 84.3. The number of ketones is 6. The molecular weight excluding hydrogens is 2020 g/mol. The number of Topliss-reactive ketones (excluding diaryl/α,β-unsaturated/α-hetero) is 6. The normalized spacial score (nSPS) is 22.2. The molecule has 12 rings (SSSR count). The van der Waals surface area contributed by atoms with Crippen molar-refractivity contribution in [3.63, 3.8) is 0 Å². The number of ether oxygens (including phenoxy) is 1. The Labute approximate surface area is 888 Å². The summed E-state index contributed by atoms with van der Waals surface area (Å²) < 4.78 is 38.0. The molecule has 53 heteroatoms. The van der Waals surface area contributed by atoms with Gasteiger partial charge in [-0.25, -0.2) is 4.79 Å². The van der Waals surface area contributed by atoms with Crippen LogP contribution < -0.4 is 43.4 Å². The fraction of sp³-hybridized carbons (Fsp3) is 0.485. The molecule has 0 spiro atoms. The third-order valence-corrected chi connectivity index (χ3v) is 26.1. The quantitative estimate of drug-likeness (QED) is 0.00875. The number of nitrogens with zero attached hydrogens (tertiary/aromatic N) is 3. The van der Waals surface area contributed by atoms with Crippen LogP contribution in [0.5, 0.6) is 0 Å². The highest BCUT2D eigenvalue weighted by Gasteiger charge is 2.41. The van der Waals surface area contributed by atoms with Gasteiger partial charge in [-0.05, 0) is 164 Å². The Morgan fingerprint density at radius 3 is 0.987 bits per heavy atom. The smallest absolute Gasteiger partial charge is 0.478 e. The topological polar surface area (TPSA) is 658 Å². The minimum atomic E-state index is -1.32. The van der Waals surface area contributed by atoms with Gasteiger partial charge in [0.05, 0.1) is 126 Å². The number of amides is 6. The van der Waals surface area contributed by atoms with Gasteiger partial charge >= 0.3 is 48.7 Å². The summed E-state index contributed by atoms with van der Waals surface area (Å²) in [6.45, 7) is 9.04. The van der Waals surface area contributed by atoms with Crippen molar-refractivity contribution >= 4 is 181 Å². The Bertz CT molecular complexity index is 5240. The number of benzene rings is 1. The molecule has 1 saturated carbocycles. The molecule has 1 fully saturated rings. The van der Waals surface area contributed by atoms with Crippen LogP contribution in [-0.4, -0.2) is 306 Å². The number of aliphatic carboxylic acids is 1. The maximum Gasteiger partial charge on any atom is 0.478 e. The number of hydrogen-bond donors (Lipinski definition) is 17. The summed E-state index contributed by atoms with van der Waals surface area (Å²) in [7, 11) is -7.22. The Hall–Kier alpha value is -11.1. The minimum absolute atomic E-state index is 0.00448. The Kier molecular flexibility index (Phi) is 58.2. The molecule has 0 saturated heterocycles. The number of thiophene rings is 4. The number of carbonyl (C=O) groups is 13. The maximum atomic E-state index is 12.6. The average molecular weight is 2160 g/mol. The van der Waals surface area contributed by atoms with Crippen LogP contribution in [-0.2, 0) is 129 Å². The van der Waals surface area contributed by atoms with Gasteiger partial charge in [-0.2, -0.15) is 0 Å². The molecule has 7 aliphatic rings. The fourth-order valence-electron chi connectivity index (χ4n) is 15.3. The molecule has 6 aliphatic heterocycles. The van der Waals surface area contributed by atoms with Crippen LogP contribution in [0.4, 0.5) is 0 Å². The van der Waals surface area contributed by atoms with Gasteiger partial charge < -0.3 is 136 Å². The van der Waals surface area contributed by atoms with Gasteiger partial charge in [-0.3, -0.25) is 57.5 Å². The monoisotopic (exact) mass is 2160 g/mol. The van der Waals surface area contributed by atoms with Gasteiger partial charge in [0.1, 0.15) is 47.9 Å². The SMILES string of the molecule is CC(=O)C[C@H]1C=CC[C@H](NC(=O)/C(=N/OCC(=O)O)c2cccs2)B(O)O1.CC(=O)C[C@H]1C=CC[C@H](NC(=O)/C(=N/OCCO)c2cccs2)B(O)O1.CC(=O)C[C@H]1C=CC[C@H](NC(=O)/C(=N\OCCO)c2cccs2)B(O)O1.CC(=O)C[C@H]1C=CC[C@H](NC(=O)CC2CCC(N)CC2)B(O)O1.CC(=O)C[C@H]1C=CC[C@H](NC(=O)Cc2ccc(COCCN)s2)B(O)O1.CC(=O)C[C@H]1C=CC[C@H](NC(=O)Cc2ccccc2)B(O)O1. The summed E-state index contributed by atoms with van der Waals surface area (Å²) in [5, 5.41) is 120. The van der Waals surface area contributed by atoms with Crippen LogP contribution in [0.25, 0.3) is 0 Å². The average Bonchev–Trinajstić information content (AvgIpc) is 1.70. The van der Waals surface area contributed by atoms with E-state index in [1.165, 1.54) is 86.9 Å². The lowest BCUT2D eigenvalue weighted by atomic mass is 9.76. The first kappa shape index (κ1) is 126. The van der Waals surface area contributed by atoms with Crippen LogP contribution in [0.15, 0.2) is 183 Å². The highest BCUT2D eigenvalue weighted by Crippen LogP contribution is 2.28. The number of aliphatic hydroxyl groups is 2. The number of aliphatic hydroxyl groups excluding tert-OH is 2. The largest absolute Gasteiger partial charge is 0.479 e. The molecule has 0 radical (unpaired) electrons. The molecule has 43 nitrogen and oxygen atoms in total. The number of rotatable bonds is 43. The van der Waals surface area contributed by atoms with E-state index in [1.54, 1.807) is 107 Å². The predicted octanol–water partition coefficient (Wildman–Crippen LogP) is 3.34. The van der Waals surface area contributed by atoms with Gasteiger partial charge in [-0.15, -0.1) is 45.3 Å². The number of carboxylic acids is 1. The number of carboxylic acid groups (broad SMARTS) is 1. The zero-order valence-corrected chi connectivity index (χ0v) is 87.6. The fourth-order valence-corrected chi connectivity index (χ4v) is 18.3. The van der Waals surface area contributed by atoms with Crippen LogP contribution >= 0.6 is 45.3 Å². The zero-order chi connectivity index (χ0) is 109. The lowest BCUT2D eigenvalue weighted by Crippen LogP contribution is -2.50. The summed E-state index contributed by atoms with van der Waals surface area (Å²) in [5.74, 6) is -6.85. The van der Waals surface area contributed by atoms with Gasteiger partial charge in [0.2, 0.25) is 24.3 Å². The van der Waals surface area contributed by atoms with Crippen molar-refractivity contribution in [1.29, 1.82) is 0 Å². The van der Waals surface area contributed by atoms with Crippen molar-refractivity contribution in [1.82, 2.24) is 31.9 Å². The molecule has 0 unspecified atom stereocenters. The lowest BCUT2D eigenvalue weighted by Gasteiger charge is -2.26. The van der Waals surface area contributed by atoms with Crippen LogP contribution in [0.2, 0.25) is 0 Å². The van der Waals surface area contributed by atoms with Crippen LogP contribution in [0, 0.1) is 5.92 Å². The van der Waals surface area contributed by atoms with E-state index in [2.05, 4.69) is 47.4 Å². The third kappa shape index (κ3) is 49.5. The molecule has 10 heterocycles. The highest BCUT2D eigenvalue weighted by molar-refractivity contribution is 7.14. The Morgan fingerprint density at radius 2 is 0.687 bits per heavy atom. The summed E-state index contributed by atoms with van der Waals surface area (Å²) in [6.07, 6.45) is 26.5. The Balaban J connectivity index is 0.000000244. The number of nitrogens with one attached hydrogen (secondary N) is 6.